The van der Waals surface area contributed by atoms with Crippen molar-refractivity contribution in [3.63, 3.8) is 0 Å². The Bertz CT molecular complexity index is 457. The second kappa shape index (κ2) is 10.3. The lowest BCUT2D eigenvalue weighted by molar-refractivity contribution is -0.157. The molecular weight excluding hydrogens is 332 g/mol. The van der Waals surface area contributed by atoms with Gasteiger partial charge in [0.1, 0.15) is 11.6 Å². The molecule has 0 spiro atoms. The van der Waals surface area contributed by atoms with Crippen molar-refractivity contribution < 1.29 is 19.1 Å². The van der Waals surface area contributed by atoms with Gasteiger partial charge in [-0.3, -0.25) is 14.9 Å². The maximum Gasteiger partial charge on any atom is 0.323 e. The molecule has 0 aromatic heterocycles. The summed E-state index contributed by atoms with van der Waals surface area (Å²) < 4.78 is 10.9. The van der Waals surface area contributed by atoms with E-state index in [4.69, 9.17) is 9.47 Å². The molecule has 1 amide bonds. The lowest BCUT2D eigenvalue weighted by Gasteiger charge is -2.31. The minimum atomic E-state index is -0.514. The summed E-state index contributed by atoms with van der Waals surface area (Å²) in [6.45, 7) is 12.1. The van der Waals surface area contributed by atoms with E-state index >= 15 is 0 Å². The van der Waals surface area contributed by atoms with Crippen LogP contribution in [0.25, 0.3) is 0 Å². The van der Waals surface area contributed by atoms with E-state index in [2.05, 4.69) is 24.5 Å². The van der Waals surface area contributed by atoms with Crippen molar-refractivity contribution in [3.8, 4) is 0 Å². The van der Waals surface area contributed by atoms with Gasteiger partial charge in [-0.15, -0.1) is 0 Å². The number of ether oxygens (including phenoxy) is 2. The van der Waals surface area contributed by atoms with Gasteiger partial charge in [-0.05, 0) is 39.5 Å². The van der Waals surface area contributed by atoms with Gasteiger partial charge in [0.2, 0.25) is 5.91 Å². The third-order valence-corrected chi connectivity index (χ3v) is 5.08. The topological polar surface area (TPSA) is 76.7 Å². The SMILES string of the molecule is CCC(CC)C[C@H](NC(C)=O)[C@@H]1N[C@@H](C(=O)OC(C)(C)C)C[C@H]1COC. The quantitative estimate of drug-likeness (QED) is 0.610. The Morgan fingerprint density at radius 1 is 1.23 bits per heavy atom. The standard InChI is InChI=1S/C20H38N2O4/c1-8-14(9-2)10-16(21-13(3)23)18-15(12-25-7)11-17(22-18)19(24)26-20(4,5)6/h14-18,22H,8-12H2,1-7H3,(H,21,23)/t15-,16-,17+,18+/m0/s1. The summed E-state index contributed by atoms with van der Waals surface area (Å²) in [5, 5.41) is 6.55. The summed E-state index contributed by atoms with van der Waals surface area (Å²) in [7, 11) is 1.67. The summed E-state index contributed by atoms with van der Waals surface area (Å²) >= 11 is 0. The molecule has 0 bridgehead atoms. The molecule has 0 aromatic carbocycles. The first-order valence-corrected chi connectivity index (χ1v) is 9.86. The molecule has 6 nitrogen and oxygen atoms in total. The molecule has 1 saturated heterocycles. The predicted octanol–water partition coefficient (Wildman–Crippen LogP) is 2.65. The maximum atomic E-state index is 12.5. The summed E-state index contributed by atoms with van der Waals surface area (Å²) in [6, 6.07) is -0.390. The van der Waals surface area contributed by atoms with Gasteiger partial charge >= 0.3 is 5.97 Å². The van der Waals surface area contributed by atoms with Crippen LogP contribution in [0.2, 0.25) is 0 Å². The van der Waals surface area contributed by atoms with Crippen molar-refractivity contribution in [2.75, 3.05) is 13.7 Å². The van der Waals surface area contributed by atoms with Gasteiger partial charge in [0, 0.05) is 32.0 Å². The molecule has 1 fully saturated rings. The molecule has 26 heavy (non-hydrogen) atoms. The Kier molecular flexibility index (Phi) is 9.04. The van der Waals surface area contributed by atoms with Crippen LogP contribution in [0.3, 0.4) is 0 Å². The molecule has 1 aliphatic rings. The van der Waals surface area contributed by atoms with Crippen LogP contribution in [0.15, 0.2) is 0 Å². The Balaban J connectivity index is 2.94. The predicted molar refractivity (Wildman–Crippen MR) is 103 cm³/mol. The number of esters is 1. The van der Waals surface area contributed by atoms with E-state index in [0.29, 0.717) is 18.9 Å². The zero-order valence-electron chi connectivity index (χ0n) is 17.6. The second-order valence-electron chi connectivity index (χ2n) is 8.45. The first-order valence-electron chi connectivity index (χ1n) is 9.86. The van der Waals surface area contributed by atoms with Gasteiger partial charge in [0.15, 0.2) is 0 Å². The van der Waals surface area contributed by atoms with E-state index < -0.39 is 5.60 Å². The zero-order valence-corrected chi connectivity index (χ0v) is 17.6. The summed E-state index contributed by atoms with van der Waals surface area (Å²) in [4.78, 5) is 24.3. The third-order valence-electron chi connectivity index (χ3n) is 5.08. The Morgan fingerprint density at radius 2 is 1.85 bits per heavy atom. The molecular formula is C20H38N2O4. The van der Waals surface area contributed by atoms with E-state index in [1.54, 1.807) is 14.0 Å². The van der Waals surface area contributed by atoms with Crippen molar-refractivity contribution in [1.82, 2.24) is 10.6 Å². The number of hydrogen-bond donors (Lipinski definition) is 2. The van der Waals surface area contributed by atoms with Crippen LogP contribution in [-0.4, -0.2) is 49.3 Å². The second-order valence-corrected chi connectivity index (χ2v) is 8.45. The normalized spacial score (nSPS) is 24.5. The van der Waals surface area contributed by atoms with Gasteiger partial charge < -0.3 is 14.8 Å². The van der Waals surface area contributed by atoms with Gasteiger partial charge in [-0.25, -0.2) is 0 Å². The molecule has 0 saturated carbocycles. The van der Waals surface area contributed by atoms with Crippen LogP contribution in [0.1, 0.15) is 67.2 Å². The molecule has 0 aliphatic carbocycles. The molecule has 2 N–H and O–H groups in total. The van der Waals surface area contributed by atoms with Gasteiger partial charge in [0.05, 0.1) is 6.61 Å². The number of hydrogen-bond acceptors (Lipinski definition) is 5. The molecule has 0 radical (unpaired) electrons. The van der Waals surface area contributed by atoms with E-state index in [9.17, 15) is 9.59 Å². The molecule has 0 unspecified atom stereocenters. The number of rotatable bonds is 9. The maximum absolute atomic E-state index is 12.5. The average molecular weight is 371 g/mol. The minimum absolute atomic E-state index is 0.00281. The number of carbonyl (C=O) groups excluding carboxylic acids is 2. The first-order chi connectivity index (χ1) is 12.1. The van der Waals surface area contributed by atoms with Crippen LogP contribution in [0.4, 0.5) is 0 Å². The van der Waals surface area contributed by atoms with Crippen LogP contribution >= 0.6 is 0 Å². The molecule has 1 rings (SSSR count). The van der Waals surface area contributed by atoms with Gasteiger partial charge in [-0.1, -0.05) is 26.7 Å². The van der Waals surface area contributed by atoms with Crippen molar-refractivity contribution in [3.05, 3.63) is 0 Å². The highest BCUT2D eigenvalue weighted by Crippen LogP contribution is 2.29. The summed E-state index contributed by atoms with van der Waals surface area (Å²) in [5.41, 5.74) is -0.514. The number of nitrogens with one attached hydrogen (secondary N) is 2. The van der Waals surface area contributed by atoms with Crippen molar-refractivity contribution in [1.29, 1.82) is 0 Å². The zero-order chi connectivity index (χ0) is 19.9. The van der Waals surface area contributed by atoms with E-state index in [1.165, 1.54) is 0 Å². The highest BCUT2D eigenvalue weighted by atomic mass is 16.6. The van der Waals surface area contributed by atoms with Crippen LogP contribution < -0.4 is 10.6 Å². The van der Waals surface area contributed by atoms with Crippen LogP contribution in [-0.2, 0) is 19.1 Å². The lowest BCUT2D eigenvalue weighted by atomic mass is 9.86. The van der Waals surface area contributed by atoms with Crippen molar-refractivity contribution in [2.45, 2.75) is 91.0 Å². The van der Waals surface area contributed by atoms with Crippen LogP contribution in [0, 0.1) is 11.8 Å². The van der Waals surface area contributed by atoms with Crippen LogP contribution in [0.5, 0.6) is 0 Å². The Hall–Kier alpha value is -1.14. The van der Waals surface area contributed by atoms with E-state index in [-0.39, 0.29) is 35.9 Å². The first kappa shape index (κ1) is 22.9. The fraction of sp³-hybridized carbons (Fsp3) is 0.900. The molecule has 1 heterocycles. The smallest absolute Gasteiger partial charge is 0.323 e. The Labute approximate surface area is 158 Å². The average Bonchev–Trinajstić information content (AvgIpc) is 2.94. The fourth-order valence-electron chi connectivity index (χ4n) is 3.79. The largest absolute Gasteiger partial charge is 0.459 e. The number of methoxy groups -OCH3 is 1. The number of amides is 1. The van der Waals surface area contributed by atoms with E-state index in [0.717, 1.165) is 19.3 Å². The monoisotopic (exact) mass is 370 g/mol. The molecule has 152 valence electrons. The number of carbonyl (C=O) groups is 2. The van der Waals surface area contributed by atoms with Crippen molar-refractivity contribution >= 4 is 11.9 Å². The molecule has 4 atom stereocenters. The molecule has 1 aliphatic heterocycles. The third kappa shape index (κ3) is 7.23. The van der Waals surface area contributed by atoms with E-state index in [1.807, 2.05) is 20.8 Å². The minimum Gasteiger partial charge on any atom is -0.459 e. The lowest BCUT2D eigenvalue weighted by Crippen LogP contribution is -2.53. The van der Waals surface area contributed by atoms with Gasteiger partial charge in [0.25, 0.3) is 0 Å². The highest BCUT2D eigenvalue weighted by Gasteiger charge is 2.43. The summed E-state index contributed by atoms with van der Waals surface area (Å²) in [5.74, 6) is 0.422. The highest BCUT2D eigenvalue weighted by molar-refractivity contribution is 5.77. The molecule has 6 heteroatoms. The van der Waals surface area contributed by atoms with Gasteiger partial charge in [-0.2, -0.15) is 0 Å². The fourth-order valence-corrected chi connectivity index (χ4v) is 3.79. The summed E-state index contributed by atoms with van der Waals surface area (Å²) in [6.07, 6.45) is 3.70. The van der Waals surface area contributed by atoms with Crippen molar-refractivity contribution in [2.24, 2.45) is 11.8 Å². The molecule has 0 aromatic rings. The Morgan fingerprint density at radius 3 is 2.31 bits per heavy atom.